The van der Waals surface area contributed by atoms with Gasteiger partial charge in [0, 0.05) is 6.54 Å². The van der Waals surface area contributed by atoms with Crippen LogP contribution >= 0.6 is 0 Å². The number of hydrogen-bond acceptors (Lipinski definition) is 2. The van der Waals surface area contributed by atoms with Gasteiger partial charge < -0.3 is 10.0 Å². The Hall–Kier alpha value is -0.0800. The highest BCUT2D eigenvalue weighted by Crippen LogP contribution is 2.18. The zero-order valence-electron chi connectivity index (χ0n) is 7.13. The number of likely N-dealkylation sites (tertiary alicyclic amines) is 1. The summed E-state index contributed by atoms with van der Waals surface area (Å²) in [6.07, 6.45) is 3.61. The molecular weight excluding hydrogens is 138 g/mol. The fourth-order valence-electron chi connectivity index (χ4n) is 1.64. The van der Waals surface area contributed by atoms with Gasteiger partial charge in [-0.2, -0.15) is 0 Å². The molecule has 0 bridgehead atoms. The van der Waals surface area contributed by atoms with E-state index in [1.54, 1.807) is 0 Å². The summed E-state index contributed by atoms with van der Waals surface area (Å²) in [5, 5.41) is 8.69. The van der Waals surface area contributed by atoms with Gasteiger partial charge >= 0.3 is 0 Å². The minimum absolute atomic E-state index is 0.301. The van der Waals surface area contributed by atoms with Crippen molar-refractivity contribution >= 4 is 0 Å². The van der Waals surface area contributed by atoms with Crippen molar-refractivity contribution in [3.05, 3.63) is 6.92 Å². The molecule has 0 aromatic carbocycles. The van der Waals surface area contributed by atoms with Gasteiger partial charge in [0.2, 0.25) is 0 Å². The molecule has 65 valence electrons. The lowest BCUT2D eigenvalue weighted by atomic mass is 9.94. The summed E-state index contributed by atoms with van der Waals surface area (Å²) >= 11 is 0. The fraction of sp³-hybridized carbons (Fsp3) is 0.889. The Labute approximate surface area is 69.2 Å². The van der Waals surface area contributed by atoms with Crippen molar-refractivity contribution in [1.82, 2.24) is 4.90 Å². The van der Waals surface area contributed by atoms with Crippen molar-refractivity contribution in [2.75, 3.05) is 26.2 Å². The van der Waals surface area contributed by atoms with E-state index in [-0.39, 0.29) is 0 Å². The molecule has 0 unspecified atom stereocenters. The lowest BCUT2D eigenvalue weighted by molar-refractivity contribution is 0.148. The van der Waals surface area contributed by atoms with Crippen molar-refractivity contribution in [2.24, 2.45) is 5.92 Å². The lowest BCUT2D eigenvalue weighted by Crippen LogP contribution is -2.35. The monoisotopic (exact) mass is 156 g/mol. The van der Waals surface area contributed by atoms with Crippen LogP contribution in [0.2, 0.25) is 0 Å². The van der Waals surface area contributed by atoms with Crippen molar-refractivity contribution in [3.63, 3.8) is 0 Å². The molecule has 1 aliphatic heterocycles. The van der Waals surface area contributed by atoms with Crippen LogP contribution in [0.3, 0.4) is 0 Å². The molecule has 1 saturated heterocycles. The third-order valence-electron chi connectivity index (χ3n) is 2.53. The molecule has 0 aromatic heterocycles. The number of hydrogen-bond donors (Lipinski definition) is 1. The molecule has 0 saturated carbocycles. The summed E-state index contributed by atoms with van der Waals surface area (Å²) in [6, 6.07) is 0. The Morgan fingerprint density at radius 3 is 2.45 bits per heavy atom. The Morgan fingerprint density at radius 1 is 1.36 bits per heavy atom. The van der Waals surface area contributed by atoms with E-state index in [9.17, 15) is 0 Å². The van der Waals surface area contributed by atoms with Gasteiger partial charge in [0.1, 0.15) is 0 Å². The highest BCUT2D eigenvalue weighted by atomic mass is 16.3. The molecule has 2 heteroatoms. The number of piperidine rings is 1. The van der Waals surface area contributed by atoms with Gasteiger partial charge in [-0.15, -0.1) is 0 Å². The van der Waals surface area contributed by atoms with Crippen LogP contribution in [0.1, 0.15) is 19.3 Å². The Bertz CT molecular complexity index is 97.7. The van der Waals surface area contributed by atoms with Crippen molar-refractivity contribution in [2.45, 2.75) is 19.3 Å². The van der Waals surface area contributed by atoms with Crippen molar-refractivity contribution < 1.29 is 5.11 Å². The van der Waals surface area contributed by atoms with E-state index in [4.69, 9.17) is 5.11 Å². The SMILES string of the molecule is [CH2]CC1CCN(CCO)CC1. The first-order valence-electron chi connectivity index (χ1n) is 4.49. The zero-order valence-corrected chi connectivity index (χ0v) is 7.13. The molecular formula is C9H18NO. The first kappa shape index (κ1) is 9.01. The van der Waals surface area contributed by atoms with E-state index < -0.39 is 0 Å². The Morgan fingerprint density at radius 2 is 2.00 bits per heavy atom. The molecule has 0 aromatic rings. The van der Waals surface area contributed by atoms with Crippen LogP contribution in [0.15, 0.2) is 0 Å². The minimum Gasteiger partial charge on any atom is -0.395 e. The number of β-amino-alcohol motifs (C(OH)–C–C–N with tert-alkyl or cyclic N) is 1. The molecule has 2 nitrogen and oxygen atoms in total. The molecule has 0 atom stereocenters. The summed E-state index contributed by atoms with van der Waals surface area (Å²) in [5.74, 6) is 0.838. The normalized spacial score (nSPS) is 22.4. The Kier molecular flexibility index (Phi) is 3.87. The first-order chi connectivity index (χ1) is 5.36. The standard InChI is InChI=1S/C9H18NO/c1-2-9-3-5-10(6-4-9)7-8-11/h9,11H,1-8H2. The predicted molar refractivity (Wildman–Crippen MR) is 46.2 cm³/mol. The fourth-order valence-corrected chi connectivity index (χ4v) is 1.64. The minimum atomic E-state index is 0.301. The number of rotatable bonds is 3. The van der Waals surface area contributed by atoms with E-state index >= 15 is 0 Å². The largest absolute Gasteiger partial charge is 0.395 e. The molecule has 1 rings (SSSR count). The van der Waals surface area contributed by atoms with Gasteiger partial charge in [-0.05, 0) is 31.8 Å². The maximum atomic E-state index is 8.69. The van der Waals surface area contributed by atoms with Gasteiger partial charge in [-0.3, -0.25) is 0 Å². The van der Waals surface area contributed by atoms with Gasteiger partial charge in [0.15, 0.2) is 0 Å². The van der Waals surface area contributed by atoms with Crippen LogP contribution in [0.5, 0.6) is 0 Å². The van der Waals surface area contributed by atoms with E-state index in [2.05, 4.69) is 11.8 Å². The van der Waals surface area contributed by atoms with Crippen LogP contribution < -0.4 is 0 Å². The van der Waals surface area contributed by atoms with Crippen LogP contribution in [-0.4, -0.2) is 36.2 Å². The summed E-state index contributed by atoms with van der Waals surface area (Å²) in [4.78, 5) is 2.33. The molecule has 0 spiro atoms. The summed E-state index contributed by atoms with van der Waals surface area (Å²) in [6.45, 7) is 7.37. The van der Waals surface area contributed by atoms with E-state index in [0.29, 0.717) is 6.61 Å². The topological polar surface area (TPSA) is 23.5 Å². The third-order valence-corrected chi connectivity index (χ3v) is 2.53. The summed E-state index contributed by atoms with van der Waals surface area (Å²) in [7, 11) is 0. The molecule has 1 heterocycles. The maximum Gasteiger partial charge on any atom is 0.0558 e. The van der Waals surface area contributed by atoms with Gasteiger partial charge in [-0.1, -0.05) is 13.3 Å². The lowest BCUT2D eigenvalue weighted by Gasteiger charge is -2.30. The first-order valence-corrected chi connectivity index (χ1v) is 4.49. The van der Waals surface area contributed by atoms with Crippen LogP contribution in [0.4, 0.5) is 0 Å². The average Bonchev–Trinajstić information content (AvgIpc) is 2.07. The second kappa shape index (κ2) is 4.73. The maximum absolute atomic E-state index is 8.69. The highest BCUT2D eigenvalue weighted by Gasteiger charge is 2.16. The number of nitrogens with zero attached hydrogens (tertiary/aromatic N) is 1. The quantitative estimate of drug-likeness (QED) is 0.656. The molecule has 1 radical (unpaired) electrons. The smallest absolute Gasteiger partial charge is 0.0558 e. The van der Waals surface area contributed by atoms with Gasteiger partial charge in [0.25, 0.3) is 0 Å². The third kappa shape index (κ3) is 2.80. The van der Waals surface area contributed by atoms with Crippen molar-refractivity contribution in [1.29, 1.82) is 0 Å². The van der Waals surface area contributed by atoms with Crippen LogP contribution in [0.25, 0.3) is 0 Å². The molecule has 11 heavy (non-hydrogen) atoms. The molecule has 1 N–H and O–H groups in total. The number of aliphatic hydroxyl groups excluding tert-OH is 1. The van der Waals surface area contributed by atoms with E-state index in [1.807, 2.05) is 0 Å². The summed E-state index contributed by atoms with van der Waals surface area (Å²) in [5.41, 5.74) is 0. The van der Waals surface area contributed by atoms with Crippen LogP contribution in [0, 0.1) is 12.8 Å². The van der Waals surface area contributed by atoms with Gasteiger partial charge in [-0.25, -0.2) is 0 Å². The predicted octanol–water partition coefficient (Wildman–Crippen LogP) is 0.915. The van der Waals surface area contributed by atoms with E-state index in [1.165, 1.54) is 12.8 Å². The zero-order chi connectivity index (χ0) is 8.10. The number of aliphatic hydroxyl groups is 1. The average molecular weight is 156 g/mol. The molecule has 1 aliphatic rings. The van der Waals surface area contributed by atoms with Crippen LogP contribution in [-0.2, 0) is 0 Å². The van der Waals surface area contributed by atoms with Crippen molar-refractivity contribution in [3.8, 4) is 0 Å². The molecule has 0 aliphatic carbocycles. The summed E-state index contributed by atoms with van der Waals surface area (Å²) < 4.78 is 0. The molecule has 0 amide bonds. The Balaban J connectivity index is 2.14. The van der Waals surface area contributed by atoms with E-state index in [0.717, 1.165) is 32.0 Å². The second-order valence-corrected chi connectivity index (χ2v) is 3.30. The second-order valence-electron chi connectivity index (χ2n) is 3.30. The molecule has 1 fully saturated rings. The highest BCUT2D eigenvalue weighted by molar-refractivity contribution is 4.72. The van der Waals surface area contributed by atoms with Gasteiger partial charge in [0.05, 0.1) is 6.61 Å².